The lowest BCUT2D eigenvalue weighted by atomic mass is 10.1. The second-order valence-corrected chi connectivity index (χ2v) is 8.20. The van der Waals surface area contributed by atoms with E-state index in [-0.39, 0.29) is 17.6 Å². The molecule has 0 aliphatic carbocycles. The number of aryl methyl sites for hydroxylation is 1. The molecule has 2 aliphatic heterocycles. The normalized spacial score (nSPS) is 19.9. The molecule has 1 atom stereocenters. The molecule has 3 aromatic heterocycles. The summed E-state index contributed by atoms with van der Waals surface area (Å²) >= 11 is 0. The van der Waals surface area contributed by atoms with Crippen LogP contribution in [0.25, 0.3) is 28.0 Å². The summed E-state index contributed by atoms with van der Waals surface area (Å²) in [6.07, 6.45) is 5.24. The maximum Gasteiger partial charge on any atom is 0.318 e. The van der Waals surface area contributed by atoms with Crippen LogP contribution in [0.4, 0.5) is 4.39 Å². The van der Waals surface area contributed by atoms with E-state index >= 15 is 0 Å². The Hall–Kier alpha value is -4.08. The highest BCUT2D eigenvalue weighted by atomic mass is 19.1. The van der Waals surface area contributed by atoms with E-state index in [1.165, 1.54) is 12.1 Å². The van der Waals surface area contributed by atoms with Crippen molar-refractivity contribution in [1.82, 2.24) is 29.6 Å². The Kier molecular flexibility index (Phi) is 3.63. The Morgan fingerprint density at radius 3 is 2.66 bits per heavy atom. The number of hydrogen-bond acceptors (Lipinski definition) is 4. The van der Waals surface area contributed by atoms with Crippen LogP contribution < -0.4 is 9.88 Å². The van der Waals surface area contributed by atoms with Crippen LogP contribution in [0.1, 0.15) is 17.4 Å². The van der Waals surface area contributed by atoms with Gasteiger partial charge >= 0.3 is 11.6 Å². The van der Waals surface area contributed by atoms with Crippen molar-refractivity contribution < 1.29 is 18.5 Å². The molecule has 0 spiro atoms. The highest BCUT2D eigenvalue weighted by Gasteiger charge is 2.60. The van der Waals surface area contributed by atoms with Gasteiger partial charge in [0.25, 0.3) is 11.6 Å². The highest BCUT2D eigenvalue weighted by molar-refractivity contribution is 5.99. The number of benzene rings is 1. The van der Waals surface area contributed by atoms with Gasteiger partial charge in [0.1, 0.15) is 11.5 Å². The first-order chi connectivity index (χ1) is 15.4. The number of carbonyl (C=O) groups excluding carboxylic acids is 2. The van der Waals surface area contributed by atoms with Gasteiger partial charge in [0.05, 0.1) is 11.8 Å². The number of nitrogens with one attached hydrogen (secondary N) is 1. The summed E-state index contributed by atoms with van der Waals surface area (Å²) in [5, 5.41) is 11.9. The van der Waals surface area contributed by atoms with Crippen LogP contribution in [0.5, 0.6) is 0 Å². The van der Waals surface area contributed by atoms with Crippen molar-refractivity contribution in [3.05, 3.63) is 60.4 Å². The summed E-state index contributed by atoms with van der Waals surface area (Å²) in [7, 11) is 1.82. The number of amides is 2. The molecular formula is C22H19FN7O2+. The van der Waals surface area contributed by atoms with Crippen molar-refractivity contribution >= 4 is 17.5 Å². The molecule has 2 amide bonds. The van der Waals surface area contributed by atoms with Crippen LogP contribution in [0.15, 0.2) is 48.9 Å². The largest absolute Gasteiger partial charge is 0.349 e. The zero-order chi connectivity index (χ0) is 22.2. The second kappa shape index (κ2) is 6.22. The SMILES string of the molecule is Cn1cc(-c2cc(-c3ccc(F)cc3)nn3cc4[n+](c23)C2(C)C(=O)NCCN2C4=O)cn1. The molecular weight excluding hydrogens is 413 g/mol. The van der Waals surface area contributed by atoms with Crippen molar-refractivity contribution in [2.24, 2.45) is 7.05 Å². The Bertz CT molecular complexity index is 1440. The number of halogens is 1. The molecule has 2 aliphatic rings. The molecule has 0 radical (unpaired) electrons. The van der Waals surface area contributed by atoms with Gasteiger partial charge in [-0.25, -0.2) is 4.39 Å². The summed E-state index contributed by atoms with van der Waals surface area (Å²) in [4.78, 5) is 27.8. The molecule has 1 N–H and O–H groups in total. The van der Waals surface area contributed by atoms with Crippen molar-refractivity contribution in [2.45, 2.75) is 12.6 Å². The second-order valence-electron chi connectivity index (χ2n) is 8.20. The summed E-state index contributed by atoms with van der Waals surface area (Å²) < 4.78 is 18.5. The highest BCUT2D eigenvalue weighted by Crippen LogP contribution is 2.34. The topological polar surface area (TPSA) is 88.4 Å². The Balaban J connectivity index is 1.69. The van der Waals surface area contributed by atoms with E-state index in [0.717, 1.165) is 16.7 Å². The van der Waals surface area contributed by atoms with Crippen molar-refractivity contribution in [1.29, 1.82) is 0 Å². The van der Waals surface area contributed by atoms with E-state index in [9.17, 15) is 14.0 Å². The first-order valence-electron chi connectivity index (χ1n) is 10.2. The van der Waals surface area contributed by atoms with Gasteiger partial charge in [-0.1, -0.05) is 9.61 Å². The summed E-state index contributed by atoms with van der Waals surface area (Å²) in [6, 6.07) is 7.95. The van der Waals surface area contributed by atoms with E-state index < -0.39 is 5.66 Å². The lowest BCUT2D eigenvalue weighted by molar-refractivity contribution is -0.731. The Labute approximate surface area is 181 Å². The molecule has 10 heteroatoms. The number of fused-ring (bicyclic) bond motifs is 5. The molecule has 0 saturated carbocycles. The molecule has 5 heterocycles. The van der Waals surface area contributed by atoms with E-state index in [2.05, 4.69) is 10.4 Å². The molecule has 32 heavy (non-hydrogen) atoms. The molecule has 1 fully saturated rings. The van der Waals surface area contributed by atoms with Gasteiger partial charge in [-0.15, -0.1) is 0 Å². The molecule has 6 rings (SSSR count). The van der Waals surface area contributed by atoms with Crippen LogP contribution in [-0.2, 0) is 17.5 Å². The first-order valence-corrected chi connectivity index (χ1v) is 10.2. The van der Waals surface area contributed by atoms with Gasteiger partial charge in [0.2, 0.25) is 5.69 Å². The van der Waals surface area contributed by atoms with Gasteiger partial charge in [-0.2, -0.15) is 9.67 Å². The average molecular weight is 432 g/mol. The number of aromatic nitrogens is 5. The van der Waals surface area contributed by atoms with Gasteiger partial charge in [0.15, 0.2) is 6.20 Å². The van der Waals surface area contributed by atoms with Crippen LogP contribution in [0.2, 0.25) is 0 Å². The number of imidazole rings is 1. The predicted molar refractivity (Wildman–Crippen MR) is 111 cm³/mol. The van der Waals surface area contributed by atoms with Crippen LogP contribution >= 0.6 is 0 Å². The molecule has 160 valence electrons. The molecule has 1 unspecified atom stereocenters. The maximum absolute atomic E-state index is 13.5. The van der Waals surface area contributed by atoms with Crippen molar-refractivity contribution in [3.63, 3.8) is 0 Å². The van der Waals surface area contributed by atoms with Crippen molar-refractivity contribution in [3.8, 4) is 22.4 Å². The minimum atomic E-state index is -1.20. The predicted octanol–water partition coefficient (Wildman–Crippen LogP) is 1.09. The summed E-state index contributed by atoms with van der Waals surface area (Å²) in [6.45, 7) is 2.59. The minimum absolute atomic E-state index is 0.215. The summed E-state index contributed by atoms with van der Waals surface area (Å²) in [5.41, 5.74) is 2.69. The van der Waals surface area contributed by atoms with Crippen molar-refractivity contribution in [2.75, 3.05) is 13.1 Å². The third-order valence-corrected chi connectivity index (χ3v) is 6.28. The molecule has 1 aromatic carbocycles. The summed E-state index contributed by atoms with van der Waals surface area (Å²) in [5.74, 6) is -0.790. The first kappa shape index (κ1) is 18.7. The molecule has 1 saturated heterocycles. The van der Waals surface area contributed by atoms with E-state index in [0.29, 0.717) is 30.1 Å². The zero-order valence-electron chi connectivity index (χ0n) is 17.4. The van der Waals surface area contributed by atoms with Crippen LogP contribution in [0.3, 0.4) is 0 Å². The lowest BCUT2D eigenvalue weighted by Gasteiger charge is -2.35. The fourth-order valence-corrected chi connectivity index (χ4v) is 4.69. The van der Waals surface area contributed by atoms with Gasteiger partial charge in [-0.05, 0) is 30.3 Å². The van der Waals surface area contributed by atoms with E-state index in [1.54, 1.807) is 50.1 Å². The number of carbonyl (C=O) groups is 2. The Morgan fingerprint density at radius 2 is 1.94 bits per heavy atom. The average Bonchev–Trinajstić information content (AvgIpc) is 3.44. The zero-order valence-corrected chi connectivity index (χ0v) is 17.4. The standard InChI is InChI=1S/C22H18FN7O2/c1-22-21(32)24-7-8-28(22)20(31)18-12-29-19(30(18)22)16(14-10-25-27(2)11-14)9-17(26-29)13-3-5-15(23)6-4-13/h3-6,9-12H,7-8H2,1-2H3/p+1. The Morgan fingerprint density at radius 1 is 1.16 bits per heavy atom. The maximum atomic E-state index is 13.5. The smallest absolute Gasteiger partial charge is 0.318 e. The van der Waals surface area contributed by atoms with Crippen LogP contribution in [-0.4, -0.2) is 49.2 Å². The number of piperazine rings is 1. The van der Waals surface area contributed by atoms with E-state index in [4.69, 9.17) is 5.10 Å². The quantitative estimate of drug-likeness (QED) is 0.481. The number of hydrogen-bond donors (Lipinski definition) is 1. The van der Waals surface area contributed by atoms with E-state index in [1.807, 2.05) is 19.3 Å². The fourth-order valence-electron chi connectivity index (χ4n) is 4.69. The number of rotatable bonds is 2. The molecule has 4 aromatic rings. The molecule has 9 nitrogen and oxygen atoms in total. The van der Waals surface area contributed by atoms with Gasteiger partial charge in [-0.3, -0.25) is 19.2 Å². The minimum Gasteiger partial charge on any atom is -0.349 e. The third kappa shape index (κ3) is 2.34. The van der Waals surface area contributed by atoms with Gasteiger partial charge in [0, 0.05) is 44.4 Å². The fraction of sp³-hybridized carbons (Fsp3) is 0.227. The monoisotopic (exact) mass is 432 g/mol. The third-order valence-electron chi connectivity index (χ3n) is 6.28. The van der Waals surface area contributed by atoms with Gasteiger partial charge < -0.3 is 5.32 Å². The van der Waals surface area contributed by atoms with Crippen LogP contribution in [0, 0.1) is 5.82 Å². The lowest BCUT2D eigenvalue weighted by Crippen LogP contribution is -2.71. The number of nitrogens with zero attached hydrogens (tertiary/aromatic N) is 6. The molecule has 0 bridgehead atoms.